The van der Waals surface area contributed by atoms with Crippen molar-refractivity contribution in [1.82, 2.24) is 14.7 Å². The molecule has 0 spiro atoms. The van der Waals surface area contributed by atoms with Gasteiger partial charge in [-0.05, 0) is 30.5 Å². The van der Waals surface area contributed by atoms with Crippen LogP contribution in [0.3, 0.4) is 0 Å². The van der Waals surface area contributed by atoms with E-state index in [-0.39, 0.29) is 12.5 Å². The predicted octanol–water partition coefficient (Wildman–Crippen LogP) is 0.326. The van der Waals surface area contributed by atoms with Crippen LogP contribution in [0.15, 0.2) is 24.3 Å². The highest BCUT2D eigenvalue weighted by atomic mass is 16.4. The van der Waals surface area contributed by atoms with Crippen LogP contribution in [0.5, 0.6) is 0 Å². The Morgan fingerprint density at radius 2 is 1.12 bits per heavy atom. The summed E-state index contributed by atoms with van der Waals surface area (Å²) in [6.45, 7) is -1.88. The molecule has 0 aliphatic heterocycles. The Morgan fingerprint density at radius 3 is 1.54 bits per heavy atom. The molecule has 6 N–H and O–H groups in total. The third-order valence-corrected chi connectivity index (χ3v) is 6.79. The first-order valence-corrected chi connectivity index (χ1v) is 13.0. The summed E-state index contributed by atoms with van der Waals surface area (Å²) in [4.78, 5) is 73.9. The number of carbonyl (C=O) groups excluding carboxylic acids is 1. The summed E-state index contributed by atoms with van der Waals surface area (Å²) in [6.07, 6.45) is 2.15. The van der Waals surface area contributed by atoms with E-state index >= 15 is 0 Å². The van der Waals surface area contributed by atoms with Crippen LogP contribution in [0.25, 0.3) is 0 Å². The third kappa shape index (κ3) is 11.1. The number of hydrogen-bond donors (Lipinski definition) is 6. The molecule has 0 unspecified atom stereocenters. The molecule has 0 radical (unpaired) electrons. The fourth-order valence-corrected chi connectivity index (χ4v) is 5.34. The minimum atomic E-state index is -1.31. The fraction of sp³-hybridized carbons (Fsp3) is 0.538. The van der Waals surface area contributed by atoms with E-state index in [1.165, 1.54) is 21.6 Å². The summed E-state index contributed by atoms with van der Waals surface area (Å²) in [6, 6.07) is 4.06. The monoisotopic (exact) mass is 580 g/mol. The van der Waals surface area contributed by atoms with Gasteiger partial charge in [0.15, 0.2) is 0 Å². The largest absolute Gasteiger partial charge is 0.480 e. The van der Waals surface area contributed by atoms with Gasteiger partial charge >= 0.3 is 29.8 Å². The third-order valence-electron chi connectivity index (χ3n) is 6.79. The molecule has 1 saturated carbocycles. The van der Waals surface area contributed by atoms with Crippen LogP contribution in [0.2, 0.25) is 0 Å². The number of carbonyl (C=O) groups is 6. The van der Waals surface area contributed by atoms with Gasteiger partial charge < -0.3 is 30.8 Å². The number of carboxylic acids is 5. The highest BCUT2D eigenvalue weighted by Gasteiger charge is 2.38. The Kier molecular flexibility index (Phi) is 12.6. The second-order valence-electron chi connectivity index (χ2n) is 9.95. The van der Waals surface area contributed by atoms with E-state index in [4.69, 9.17) is 0 Å². The van der Waals surface area contributed by atoms with Crippen LogP contribution in [-0.4, -0.2) is 127 Å². The first-order chi connectivity index (χ1) is 19.3. The average Bonchev–Trinajstić information content (AvgIpc) is 2.84. The summed E-state index contributed by atoms with van der Waals surface area (Å²) in [7, 11) is 0. The number of amides is 1. The molecule has 226 valence electrons. The Labute approximate surface area is 235 Å². The first-order valence-electron chi connectivity index (χ1n) is 13.0. The molecule has 0 saturated heterocycles. The van der Waals surface area contributed by atoms with Crippen molar-refractivity contribution in [3.05, 3.63) is 29.8 Å². The summed E-state index contributed by atoms with van der Waals surface area (Å²) >= 11 is 0. The van der Waals surface area contributed by atoms with E-state index in [2.05, 4.69) is 5.32 Å². The van der Waals surface area contributed by atoms with Crippen LogP contribution in [0.4, 0.5) is 5.69 Å². The summed E-state index contributed by atoms with van der Waals surface area (Å²) < 4.78 is 0. The molecule has 15 heteroatoms. The number of anilines is 1. The first kappa shape index (κ1) is 33.1. The minimum absolute atomic E-state index is 0.151. The lowest BCUT2D eigenvalue weighted by Crippen LogP contribution is -2.58. The van der Waals surface area contributed by atoms with Gasteiger partial charge in [0.2, 0.25) is 5.91 Å². The number of nitrogens with one attached hydrogen (secondary N) is 1. The Morgan fingerprint density at radius 1 is 0.707 bits per heavy atom. The maximum Gasteiger partial charge on any atom is 0.317 e. The molecule has 3 atom stereocenters. The van der Waals surface area contributed by atoms with Crippen LogP contribution >= 0.6 is 0 Å². The number of aliphatic carboxylic acids is 5. The van der Waals surface area contributed by atoms with Gasteiger partial charge in [0.1, 0.15) is 0 Å². The van der Waals surface area contributed by atoms with Gasteiger partial charge in [-0.25, -0.2) is 0 Å². The highest BCUT2D eigenvalue weighted by molar-refractivity contribution is 5.88. The lowest BCUT2D eigenvalue weighted by atomic mass is 9.87. The summed E-state index contributed by atoms with van der Waals surface area (Å²) in [5.74, 6) is -6.64. The van der Waals surface area contributed by atoms with Gasteiger partial charge in [0.25, 0.3) is 0 Å². The predicted molar refractivity (Wildman–Crippen MR) is 142 cm³/mol. The fourth-order valence-electron chi connectivity index (χ4n) is 5.34. The number of rotatable bonds is 17. The topological polar surface area (TPSA) is 225 Å². The molecule has 0 bridgehead atoms. The molecule has 1 aliphatic rings. The second kappa shape index (κ2) is 15.6. The molecule has 1 amide bonds. The van der Waals surface area contributed by atoms with E-state index in [1.54, 1.807) is 24.3 Å². The SMILES string of the molecule is CC(=O)Nc1ccc([C@H](CN(CC(=O)O)[C@H]2CCCC[C@@H]2N(CC(=O)O)CC(=O)O)N(CC(=O)O)CC(=O)O)cc1. The molecule has 2 rings (SSSR count). The van der Waals surface area contributed by atoms with Crippen molar-refractivity contribution in [2.45, 2.75) is 50.7 Å². The molecule has 1 aliphatic carbocycles. The normalized spacial score (nSPS) is 17.8. The second-order valence-corrected chi connectivity index (χ2v) is 9.95. The van der Waals surface area contributed by atoms with Crippen molar-refractivity contribution in [1.29, 1.82) is 0 Å². The van der Waals surface area contributed by atoms with Crippen molar-refractivity contribution >= 4 is 41.4 Å². The molecule has 0 aromatic heterocycles. The standard InChI is InChI=1S/C26H36N4O11/c1-16(31)27-18-8-6-17(7-9-18)21(30(14-25(38)39)15-26(40)41)10-28(11-22(32)33)19-4-2-3-5-20(19)29(12-23(34)35)13-24(36)37/h6-9,19-21H,2-5,10-15H2,1H3,(H,27,31)(H,32,33)(H,34,35)(H,36,37)(H,38,39)(H,40,41)/t19-,20-,21-/m0/s1. The lowest BCUT2D eigenvalue weighted by molar-refractivity contribution is -0.146. The number of benzene rings is 1. The van der Waals surface area contributed by atoms with Crippen LogP contribution in [0, 0.1) is 0 Å². The lowest BCUT2D eigenvalue weighted by Gasteiger charge is -2.45. The Bertz CT molecular complexity index is 1080. The molecule has 41 heavy (non-hydrogen) atoms. The van der Waals surface area contributed by atoms with Gasteiger partial charge in [-0.2, -0.15) is 0 Å². The zero-order chi connectivity index (χ0) is 30.7. The molecule has 1 aromatic carbocycles. The van der Waals surface area contributed by atoms with Crippen LogP contribution in [0.1, 0.15) is 44.2 Å². The van der Waals surface area contributed by atoms with Gasteiger partial charge in [-0.3, -0.25) is 43.5 Å². The van der Waals surface area contributed by atoms with Crippen LogP contribution in [-0.2, 0) is 28.8 Å². The Hall–Kier alpha value is -4.08. The molecule has 15 nitrogen and oxygen atoms in total. The Balaban J connectivity index is 2.56. The van der Waals surface area contributed by atoms with Crippen molar-refractivity contribution in [3.63, 3.8) is 0 Å². The van der Waals surface area contributed by atoms with E-state index in [1.807, 2.05) is 0 Å². The maximum absolute atomic E-state index is 12.0. The number of carboxylic acid groups (broad SMARTS) is 5. The van der Waals surface area contributed by atoms with E-state index in [9.17, 15) is 54.3 Å². The van der Waals surface area contributed by atoms with E-state index < -0.39 is 80.7 Å². The minimum Gasteiger partial charge on any atom is -0.480 e. The van der Waals surface area contributed by atoms with Gasteiger partial charge in [0.05, 0.1) is 32.7 Å². The van der Waals surface area contributed by atoms with Gasteiger partial charge in [-0.15, -0.1) is 0 Å². The van der Waals surface area contributed by atoms with E-state index in [0.29, 0.717) is 36.9 Å². The quantitative estimate of drug-likeness (QED) is 0.146. The zero-order valence-corrected chi connectivity index (χ0v) is 22.6. The van der Waals surface area contributed by atoms with Crippen molar-refractivity contribution in [2.75, 3.05) is 44.6 Å². The van der Waals surface area contributed by atoms with Crippen molar-refractivity contribution < 1.29 is 54.3 Å². The smallest absolute Gasteiger partial charge is 0.317 e. The highest BCUT2D eigenvalue weighted by Crippen LogP contribution is 2.31. The number of hydrogen-bond acceptors (Lipinski definition) is 9. The molecular weight excluding hydrogens is 544 g/mol. The van der Waals surface area contributed by atoms with Gasteiger partial charge in [-0.1, -0.05) is 25.0 Å². The molecule has 0 heterocycles. The van der Waals surface area contributed by atoms with Crippen molar-refractivity contribution in [3.8, 4) is 0 Å². The van der Waals surface area contributed by atoms with Crippen molar-refractivity contribution in [2.24, 2.45) is 0 Å². The summed E-state index contributed by atoms with van der Waals surface area (Å²) in [5.41, 5.74) is 0.896. The molecule has 1 aromatic rings. The zero-order valence-electron chi connectivity index (χ0n) is 22.6. The summed E-state index contributed by atoms with van der Waals surface area (Å²) in [5, 5.41) is 50.3. The number of nitrogens with zero attached hydrogens (tertiary/aromatic N) is 3. The van der Waals surface area contributed by atoms with E-state index in [0.717, 1.165) is 0 Å². The maximum atomic E-state index is 12.0. The van der Waals surface area contributed by atoms with Gasteiger partial charge in [0, 0.05) is 37.3 Å². The van der Waals surface area contributed by atoms with Crippen LogP contribution < -0.4 is 5.32 Å². The average molecular weight is 581 g/mol. The molecular formula is C26H36N4O11. The molecule has 1 fully saturated rings.